The van der Waals surface area contributed by atoms with Crippen LogP contribution in [0.3, 0.4) is 0 Å². The topological polar surface area (TPSA) is 95.7 Å². The van der Waals surface area contributed by atoms with Crippen LogP contribution in [0.5, 0.6) is 0 Å². The van der Waals surface area contributed by atoms with E-state index in [2.05, 4.69) is 39.2 Å². The molecule has 2 atom stereocenters. The summed E-state index contributed by atoms with van der Waals surface area (Å²) in [5.74, 6) is 4.32. The molecule has 0 unspecified atom stereocenters. The van der Waals surface area contributed by atoms with Gasteiger partial charge in [-0.1, -0.05) is 30.0 Å². The Morgan fingerprint density at radius 1 is 1.11 bits per heavy atom. The number of esters is 1. The third-order valence-corrected chi connectivity index (χ3v) is 6.54. The molecule has 8 heteroatoms. The number of halogens is 1. The summed E-state index contributed by atoms with van der Waals surface area (Å²) in [5, 5.41) is -1.68. The van der Waals surface area contributed by atoms with Gasteiger partial charge in [-0.05, 0) is 59.0 Å². The average Bonchev–Trinajstić information content (AvgIpc) is 2.68. The molecule has 0 bridgehead atoms. The molecule has 0 aliphatic rings. The summed E-state index contributed by atoms with van der Waals surface area (Å²) in [4.78, 5) is 12.2. The Balaban J connectivity index is 2.64. The molecule has 0 aromatic heterocycles. The maximum Gasteiger partial charge on any atom is 0.355 e. The normalized spacial score (nSPS) is 14.4. The van der Waals surface area contributed by atoms with Gasteiger partial charge >= 0.3 is 5.97 Å². The first-order chi connectivity index (χ1) is 12.8. The van der Waals surface area contributed by atoms with E-state index in [-0.39, 0.29) is 4.90 Å². The Morgan fingerprint density at radius 2 is 1.70 bits per heavy atom. The van der Waals surface area contributed by atoms with Gasteiger partial charge in [0.1, 0.15) is 0 Å². The lowest BCUT2D eigenvalue weighted by atomic mass is 10.1. The highest BCUT2D eigenvalue weighted by molar-refractivity contribution is 14.1. The number of nitrogens with two attached hydrogens (primary N) is 1. The Morgan fingerprint density at radius 3 is 2.22 bits per heavy atom. The maximum atomic E-state index is 13.2. The minimum Gasteiger partial charge on any atom is -0.466 e. The minimum atomic E-state index is -4.14. The molecule has 0 aliphatic carbocycles. The Labute approximate surface area is 172 Å². The second-order valence-corrected chi connectivity index (χ2v) is 8.78. The summed E-state index contributed by atoms with van der Waals surface area (Å²) in [7, 11) is -1.90. The van der Waals surface area contributed by atoms with Gasteiger partial charge in [0.25, 0.3) is 0 Å². The van der Waals surface area contributed by atoms with E-state index in [1.54, 1.807) is 36.4 Å². The first-order valence-corrected chi connectivity index (χ1v) is 10.4. The van der Waals surface area contributed by atoms with Crippen LogP contribution in [0.15, 0.2) is 59.5 Å². The quantitative estimate of drug-likeness (QED) is 0.293. The van der Waals surface area contributed by atoms with Gasteiger partial charge in [0.05, 0.1) is 12.0 Å². The van der Waals surface area contributed by atoms with Crippen molar-refractivity contribution in [1.29, 1.82) is 0 Å². The fourth-order valence-corrected chi connectivity index (χ4v) is 4.32. The molecule has 0 saturated carbocycles. The molecule has 0 amide bonds. The average molecular weight is 499 g/mol. The van der Waals surface area contributed by atoms with E-state index in [1.807, 2.05) is 6.07 Å². The highest BCUT2D eigenvalue weighted by Crippen LogP contribution is 2.25. The Kier molecular flexibility index (Phi) is 7.00. The van der Waals surface area contributed by atoms with Gasteiger partial charge in [-0.25, -0.2) is 13.2 Å². The maximum absolute atomic E-state index is 13.2. The van der Waals surface area contributed by atoms with Crippen LogP contribution in [0.25, 0.3) is 0 Å². The fraction of sp³-hybridized carbons (Fsp3) is 0.211. The number of carbonyl (C=O) groups is 1. The minimum absolute atomic E-state index is 0.0222. The predicted octanol–water partition coefficient (Wildman–Crippen LogP) is 1.96. The van der Waals surface area contributed by atoms with Crippen molar-refractivity contribution in [2.45, 2.75) is 15.9 Å². The summed E-state index contributed by atoms with van der Waals surface area (Å²) in [6.07, 6.45) is 0. The van der Waals surface area contributed by atoms with Crippen molar-refractivity contribution >= 4 is 38.4 Å². The number of sulfone groups is 1. The summed E-state index contributed by atoms with van der Waals surface area (Å²) >= 11 is 2.06. The summed E-state index contributed by atoms with van der Waals surface area (Å²) in [6, 6.07) is 14.9. The number of carbonyl (C=O) groups excluding carboxylic acids is 1. The van der Waals surface area contributed by atoms with E-state index in [4.69, 9.17) is 10.5 Å². The third-order valence-electron chi connectivity index (χ3n) is 3.81. The van der Waals surface area contributed by atoms with Crippen LogP contribution in [-0.2, 0) is 24.1 Å². The van der Waals surface area contributed by atoms with Gasteiger partial charge < -0.3 is 9.47 Å². The van der Waals surface area contributed by atoms with Crippen LogP contribution in [0.4, 0.5) is 0 Å². The van der Waals surface area contributed by atoms with Gasteiger partial charge in [0.15, 0.2) is 15.1 Å². The molecule has 27 heavy (non-hydrogen) atoms. The number of hydrogen-bond donors (Lipinski definition) is 1. The number of ether oxygens (including phenoxy) is 2. The van der Waals surface area contributed by atoms with E-state index in [0.29, 0.717) is 5.56 Å². The molecule has 2 aromatic carbocycles. The zero-order chi connectivity index (χ0) is 20.1. The molecule has 2 rings (SSSR count). The van der Waals surface area contributed by atoms with E-state index in [9.17, 15) is 13.2 Å². The SMILES string of the molecule is COC(=O)[C@@](N)(OC)[C@H](C#Cc1ccccc1)S(=O)(=O)c1ccc(I)cc1. The molecule has 2 N–H and O–H groups in total. The molecular formula is C19H18INO5S. The molecule has 0 saturated heterocycles. The van der Waals surface area contributed by atoms with Crippen LogP contribution in [-0.4, -0.2) is 39.6 Å². The van der Waals surface area contributed by atoms with Crippen LogP contribution >= 0.6 is 22.6 Å². The van der Waals surface area contributed by atoms with Crippen molar-refractivity contribution in [1.82, 2.24) is 0 Å². The van der Waals surface area contributed by atoms with Gasteiger partial charge in [0, 0.05) is 16.2 Å². The molecule has 2 aromatic rings. The number of methoxy groups -OCH3 is 2. The molecule has 0 heterocycles. The molecular weight excluding hydrogens is 481 g/mol. The lowest BCUT2D eigenvalue weighted by Gasteiger charge is -2.29. The first kappa shape index (κ1) is 21.4. The Bertz CT molecular complexity index is 965. The van der Waals surface area contributed by atoms with Crippen molar-refractivity contribution in [2.75, 3.05) is 14.2 Å². The largest absolute Gasteiger partial charge is 0.466 e. The first-order valence-electron chi connectivity index (χ1n) is 7.74. The van der Waals surface area contributed by atoms with E-state index in [0.717, 1.165) is 17.8 Å². The van der Waals surface area contributed by atoms with Gasteiger partial charge in [0.2, 0.25) is 5.72 Å². The highest BCUT2D eigenvalue weighted by Gasteiger charge is 2.51. The number of benzene rings is 2. The zero-order valence-corrected chi connectivity index (χ0v) is 17.7. The van der Waals surface area contributed by atoms with Crippen LogP contribution in [0.1, 0.15) is 5.56 Å². The van der Waals surface area contributed by atoms with Crippen molar-refractivity contribution in [3.63, 3.8) is 0 Å². The second-order valence-electron chi connectivity index (χ2n) is 5.50. The second kappa shape index (κ2) is 8.84. The van der Waals surface area contributed by atoms with Gasteiger partial charge in [-0.3, -0.25) is 5.73 Å². The Hall–Kier alpha value is -1.93. The fourth-order valence-electron chi connectivity index (χ4n) is 2.30. The highest BCUT2D eigenvalue weighted by atomic mass is 127. The van der Waals surface area contributed by atoms with E-state index in [1.165, 1.54) is 12.1 Å². The van der Waals surface area contributed by atoms with Crippen LogP contribution < -0.4 is 5.73 Å². The molecule has 142 valence electrons. The molecule has 6 nitrogen and oxygen atoms in total. The number of rotatable bonds is 5. The van der Waals surface area contributed by atoms with Crippen LogP contribution in [0.2, 0.25) is 0 Å². The predicted molar refractivity (Wildman–Crippen MR) is 109 cm³/mol. The van der Waals surface area contributed by atoms with Crippen molar-refractivity contribution in [3.05, 3.63) is 63.7 Å². The lowest BCUT2D eigenvalue weighted by molar-refractivity contribution is -0.164. The lowest BCUT2D eigenvalue weighted by Crippen LogP contribution is -2.61. The van der Waals surface area contributed by atoms with Crippen LogP contribution in [0, 0.1) is 15.4 Å². The van der Waals surface area contributed by atoms with Gasteiger partial charge in [-0.15, -0.1) is 0 Å². The summed E-state index contributed by atoms with van der Waals surface area (Å²) in [6.45, 7) is 0. The smallest absolute Gasteiger partial charge is 0.355 e. The molecule has 0 fully saturated rings. The van der Waals surface area contributed by atoms with Crippen molar-refractivity contribution in [2.24, 2.45) is 5.73 Å². The monoisotopic (exact) mass is 499 g/mol. The van der Waals surface area contributed by atoms with Crippen molar-refractivity contribution < 1.29 is 22.7 Å². The zero-order valence-electron chi connectivity index (χ0n) is 14.7. The van der Waals surface area contributed by atoms with E-state index >= 15 is 0 Å². The van der Waals surface area contributed by atoms with Crippen molar-refractivity contribution in [3.8, 4) is 11.8 Å². The molecule has 0 aliphatic heterocycles. The summed E-state index contributed by atoms with van der Waals surface area (Å²) < 4.78 is 37.1. The van der Waals surface area contributed by atoms with E-state index < -0.39 is 26.8 Å². The third kappa shape index (κ3) is 4.68. The van der Waals surface area contributed by atoms with Gasteiger partial charge in [-0.2, -0.15) is 0 Å². The summed E-state index contributed by atoms with van der Waals surface area (Å²) in [5.41, 5.74) is 4.31. The number of hydrogen-bond acceptors (Lipinski definition) is 6. The molecule has 0 spiro atoms. The molecule has 0 radical (unpaired) electrons. The standard InChI is InChI=1S/C19H18INO5S/c1-25-18(22)19(21,26-2)17(13-8-14-6-4-3-5-7-14)27(23,24)16-11-9-15(20)10-12-16/h3-7,9-12,17H,21H2,1-2H3/t17-,19-/m0/s1.